The molecule has 1 aliphatic carbocycles. The van der Waals surface area contributed by atoms with Gasteiger partial charge in [-0.15, -0.1) is 0 Å². The van der Waals surface area contributed by atoms with Crippen molar-refractivity contribution >= 4 is 23.2 Å². The van der Waals surface area contributed by atoms with Gasteiger partial charge in [-0.3, -0.25) is 9.59 Å². The summed E-state index contributed by atoms with van der Waals surface area (Å²) >= 11 is 0. The molecule has 0 aromatic heterocycles. The van der Waals surface area contributed by atoms with E-state index in [-0.39, 0.29) is 23.7 Å². The van der Waals surface area contributed by atoms with Crippen LogP contribution in [-0.4, -0.2) is 24.9 Å². The maximum atomic E-state index is 12.9. The second kappa shape index (κ2) is 5.95. The SMILES string of the molecule is CC(=O)N1CC(C)CN(C(=O)C2CC=CC2)c2ccccc21. The van der Waals surface area contributed by atoms with E-state index in [2.05, 4.69) is 19.1 Å². The molecule has 0 saturated carbocycles. The van der Waals surface area contributed by atoms with Crippen molar-refractivity contribution in [3.63, 3.8) is 0 Å². The summed E-state index contributed by atoms with van der Waals surface area (Å²) in [5.41, 5.74) is 1.71. The molecule has 0 bridgehead atoms. The molecule has 116 valence electrons. The lowest BCUT2D eigenvalue weighted by Gasteiger charge is -2.27. The number of rotatable bonds is 1. The van der Waals surface area contributed by atoms with E-state index in [4.69, 9.17) is 0 Å². The predicted octanol–water partition coefficient (Wildman–Crippen LogP) is 2.99. The summed E-state index contributed by atoms with van der Waals surface area (Å²) in [4.78, 5) is 28.6. The van der Waals surface area contributed by atoms with Crippen LogP contribution in [0.4, 0.5) is 11.4 Å². The first-order chi connectivity index (χ1) is 10.6. The third-order valence-electron chi connectivity index (χ3n) is 4.46. The van der Waals surface area contributed by atoms with Crippen molar-refractivity contribution in [3.05, 3.63) is 36.4 Å². The highest BCUT2D eigenvalue weighted by Crippen LogP contribution is 2.35. The van der Waals surface area contributed by atoms with E-state index < -0.39 is 0 Å². The molecule has 0 N–H and O–H groups in total. The molecule has 1 aromatic carbocycles. The monoisotopic (exact) mass is 298 g/mol. The fraction of sp³-hybridized carbons (Fsp3) is 0.444. The molecule has 2 aliphatic rings. The molecule has 2 amide bonds. The maximum Gasteiger partial charge on any atom is 0.230 e. The van der Waals surface area contributed by atoms with Gasteiger partial charge < -0.3 is 9.80 Å². The minimum atomic E-state index is 0.0242. The number of para-hydroxylation sites is 2. The lowest BCUT2D eigenvalue weighted by atomic mass is 10.0. The summed E-state index contributed by atoms with van der Waals surface area (Å²) in [5, 5.41) is 0. The fourth-order valence-electron chi connectivity index (χ4n) is 3.34. The van der Waals surface area contributed by atoms with Crippen LogP contribution >= 0.6 is 0 Å². The Morgan fingerprint density at radius 2 is 1.55 bits per heavy atom. The van der Waals surface area contributed by atoms with Crippen LogP contribution in [0.3, 0.4) is 0 Å². The van der Waals surface area contributed by atoms with Gasteiger partial charge in [0, 0.05) is 25.9 Å². The Bertz CT molecular complexity index is 615. The van der Waals surface area contributed by atoms with E-state index in [0.29, 0.717) is 13.1 Å². The topological polar surface area (TPSA) is 40.6 Å². The molecule has 1 atom stereocenters. The first-order valence-electron chi connectivity index (χ1n) is 7.91. The summed E-state index contributed by atoms with van der Waals surface area (Å²) in [6.07, 6.45) is 5.81. The van der Waals surface area contributed by atoms with E-state index in [1.807, 2.05) is 29.2 Å². The zero-order valence-corrected chi connectivity index (χ0v) is 13.2. The normalized spacial score (nSPS) is 21.6. The first-order valence-corrected chi connectivity index (χ1v) is 7.91. The van der Waals surface area contributed by atoms with Crippen molar-refractivity contribution in [2.75, 3.05) is 22.9 Å². The van der Waals surface area contributed by atoms with Crippen LogP contribution in [0.15, 0.2) is 36.4 Å². The molecule has 4 nitrogen and oxygen atoms in total. The number of fused-ring (bicyclic) bond motifs is 1. The molecular weight excluding hydrogens is 276 g/mol. The van der Waals surface area contributed by atoms with Crippen LogP contribution < -0.4 is 9.80 Å². The van der Waals surface area contributed by atoms with E-state index >= 15 is 0 Å². The van der Waals surface area contributed by atoms with Gasteiger partial charge in [0.05, 0.1) is 11.4 Å². The molecule has 0 radical (unpaired) electrons. The Hall–Kier alpha value is -2.10. The van der Waals surface area contributed by atoms with Crippen LogP contribution in [0.5, 0.6) is 0 Å². The van der Waals surface area contributed by atoms with E-state index in [1.165, 1.54) is 0 Å². The van der Waals surface area contributed by atoms with Crippen molar-refractivity contribution in [3.8, 4) is 0 Å². The Morgan fingerprint density at radius 3 is 2.14 bits per heavy atom. The zero-order valence-electron chi connectivity index (χ0n) is 13.2. The fourth-order valence-corrected chi connectivity index (χ4v) is 3.34. The van der Waals surface area contributed by atoms with Crippen molar-refractivity contribution in [1.82, 2.24) is 0 Å². The number of allylic oxidation sites excluding steroid dienone is 2. The Morgan fingerprint density at radius 1 is 1.00 bits per heavy atom. The Labute approximate surface area is 131 Å². The summed E-state index contributed by atoms with van der Waals surface area (Å²) in [6.45, 7) is 4.99. The Balaban J connectivity index is 2.00. The third kappa shape index (κ3) is 2.65. The van der Waals surface area contributed by atoms with Gasteiger partial charge in [-0.05, 0) is 30.9 Å². The molecule has 1 heterocycles. The lowest BCUT2D eigenvalue weighted by Crippen LogP contribution is -2.38. The van der Waals surface area contributed by atoms with Gasteiger partial charge in [-0.25, -0.2) is 0 Å². The number of hydrogen-bond acceptors (Lipinski definition) is 2. The van der Waals surface area contributed by atoms with Gasteiger partial charge in [0.2, 0.25) is 11.8 Å². The van der Waals surface area contributed by atoms with Gasteiger partial charge in [-0.1, -0.05) is 31.2 Å². The molecule has 0 saturated heterocycles. The molecule has 0 spiro atoms. The predicted molar refractivity (Wildman–Crippen MR) is 87.9 cm³/mol. The molecule has 0 fully saturated rings. The summed E-state index contributed by atoms with van der Waals surface area (Å²) in [7, 11) is 0. The Kier molecular flexibility index (Phi) is 4.01. The number of carbonyl (C=O) groups is 2. The quantitative estimate of drug-likeness (QED) is 0.748. The summed E-state index contributed by atoms with van der Waals surface area (Å²) in [6, 6.07) is 7.73. The highest BCUT2D eigenvalue weighted by molar-refractivity contribution is 6.03. The van der Waals surface area contributed by atoms with Gasteiger partial charge in [0.25, 0.3) is 0 Å². The van der Waals surface area contributed by atoms with Crippen LogP contribution in [-0.2, 0) is 9.59 Å². The van der Waals surface area contributed by atoms with Crippen LogP contribution in [0.2, 0.25) is 0 Å². The maximum absolute atomic E-state index is 12.9. The number of nitrogens with zero attached hydrogens (tertiary/aromatic N) is 2. The highest BCUT2D eigenvalue weighted by Gasteiger charge is 2.32. The number of amides is 2. The number of benzene rings is 1. The van der Waals surface area contributed by atoms with E-state index in [0.717, 1.165) is 24.2 Å². The van der Waals surface area contributed by atoms with E-state index in [1.54, 1.807) is 11.8 Å². The molecule has 4 heteroatoms. The molecule has 22 heavy (non-hydrogen) atoms. The smallest absolute Gasteiger partial charge is 0.230 e. The minimum Gasteiger partial charge on any atom is -0.310 e. The molecular formula is C18H22N2O2. The largest absolute Gasteiger partial charge is 0.310 e. The average Bonchev–Trinajstić information content (AvgIpc) is 2.99. The number of hydrogen-bond donors (Lipinski definition) is 0. The summed E-state index contributed by atoms with van der Waals surface area (Å²) in [5.74, 6) is 0.490. The number of carbonyl (C=O) groups excluding carboxylic acids is 2. The molecule has 1 unspecified atom stereocenters. The average molecular weight is 298 g/mol. The second-order valence-electron chi connectivity index (χ2n) is 6.31. The van der Waals surface area contributed by atoms with Crippen molar-refractivity contribution in [1.29, 1.82) is 0 Å². The van der Waals surface area contributed by atoms with Crippen molar-refractivity contribution in [2.45, 2.75) is 26.7 Å². The highest BCUT2D eigenvalue weighted by atomic mass is 16.2. The molecule has 1 aromatic rings. The first kappa shape index (κ1) is 14.8. The lowest BCUT2D eigenvalue weighted by molar-refractivity contribution is -0.122. The van der Waals surface area contributed by atoms with Gasteiger partial charge in [0.15, 0.2) is 0 Å². The van der Waals surface area contributed by atoms with Gasteiger partial charge in [-0.2, -0.15) is 0 Å². The van der Waals surface area contributed by atoms with Crippen molar-refractivity contribution in [2.24, 2.45) is 11.8 Å². The van der Waals surface area contributed by atoms with Crippen LogP contribution in [0.25, 0.3) is 0 Å². The molecule has 3 rings (SSSR count). The van der Waals surface area contributed by atoms with Gasteiger partial charge >= 0.3 is 0 Å². The van der Waals surface area contributed by atoms with Crippen LogP contribution in [0, 0.1) is 11.8 Å². The third-order valence-corrected chi connectivity index (χ3v) is 4.46. The van der Waals surface area contributed by atoms with Gasteiger partial charge in [0.1, 0.15) is 0 Å². The van der Waals surface area contributed by atoms with Crippen molar-refractivity contribution < 1.29 is 9.59 Å². The molecule has 1 aliphatic heterocycles. The summed E-state index contributed by atoms with van der Waals surface area (Å²) < 4.78 is 0. The standard InChI is InChI=1S/C18H22N2O2/c1-13-11-19(14(2)21)16-9-5-6-10-17(16)20(12-13)18(22)15-7-3-4-8-15/h3-6,9-10,13,15H,7-8,11-12H2,1-2H3. The minimum absolute atomic E-state index is 0.0242. The van der Waals surface area contributed by atoms with E-state index in [9.17, 15) is 9.59 Å². The number of anilines is 2. The van der Waals surface area contributed by atoms with Crippen LogP contribution in [0.1, 0.15) is 26.7 Å². The zero-order chi connectivity index (χ0) is 15.7. The second-order valence-corrected chi connectivity index (χ2v) is 6.31.